The minimum absolute atomic E-state index is 0.333. The molecule has 0 saturated carbocycles. The van der Waals surface area contributed by atoms with Gasteiger partial charge in [-0.15, -0.1) is 11.3 Å². The van der Waals surface area contributed by atoms with Crippen LogP contribution in [-0.4, -0.2) is 41.6 Å². The van der Waals surface area contributed by atoms with Crippen LogP contribution < -0.4 is 16.0 Å². The van der Waals surface area contributed by atoms with Crippen LogP contribution in [0.1, 0.15) is 0 Å². The first kappa shape index (κ1) is 15.0. The molecule has 3 heterocycles. The number of piperazine rings is 1. The van der Waals surface area contributed by atoms with E-state index in [0.29, 0.717) is 13.1 Å². The smallest absolute Gasteiger partial charge is 0.236 e. The number of nitrogens with two attached hydrogens (primary N) is 1. The van der Waals surface area contributed by atoms with Crippen molar-refractivity contribution in [3.8, 4) is 10.4 Å². The van der Waals surface area contributed by atoms with Gasteiger partial charge in [0.15, 0.2) is 0 Å². The molecule has 1 aliphatic rings. The lowest BCUT2D eigenvalue weighted by molar-refractivity contribution is -0.120. The Morgan fingerprint density at radius 1 is 1.29 bits per heavy atom. The van der Waals surface area contributed by atoms with Crippen molar-refractivity contribution < 1.29 is 4.79 Å². The first-order chi connectivity index (χ1) is 11.7. The topological polar surface area (TPSA) is 84.1 Å². The fraction of sp³-hybridized carbons (Fsp3) is 0.235. The van der Waals surface area contributed by atoms with Crippen molar-refractivity contribution in [2.24, 2.45) is 5.73 Å². The summed E-state index contributed by atoms with van der Waals surface area (Å²) in [4.78, 5) is 24.6. The van der Waals surface area contributed by atoms with E-state index < -0.39 is 0 Å². The van der Waals surface area contributed by atoms with E-state index in [2.05, 4.69) is 38.4 Å². The number of anilines is 1. The van der Waals surface area contributed by atoms with E-state index >= 15 is 0 Å². The van der Waals surface area contributed by atoms with E-state index in [9.17, 15) is 4.79 Å². The molecule has 2 aromatic heterocycles. The number of rotatable bonds is 3. The van der Waals surface area contributed by atoms with Crippen molar-refractivity contribution in [1.82, 2.24) is 15.3 Å². The highest BCUT2D eigenvalue weighted by Gasteiger charge is 2.25. The number of hydrogen-bond acceptors (Lipinski definition) is 6. The predicted molar refractivity (Wildman–Crippen MR) is 96.0 cm³/mol. The summed E-state index contributed by atoms with van der Waals surface area (Å²) >= 11 is 1.65. The van der Waals surface area contributed by atoms with Gasteiger partial charge in [0.1, 0.15) is 23.0 Å². The van der Waals surface area contributed by atoms with Gasteiger partial charge in [0.25, 0.3) is 0 Å². The molecule has 4 rings (SSSR count). The van der Waals surface area contributed by atoms with Gasteiger partial charge in [-0.2, -0.15) is 0 Å². The molecule has 1 aromatic carbocycles. The highest BCUT2D eigenvalue weighted by atomic mass is 32.1. The lowest BCUT2D eigenvalue weighted by Crippen LogP contribution is -2.56. The number of amides is 1. The van der Waals surface area contributed by atoms with Crippen LogP contribution in [0.15, 0.2) is 42.7 Å². The highest BCUT2D eigenvalue weighted by molar-refractivity contribution is 7.21. The summed E-state index contributed by atoms with van der Waals surface area (Å²) in [5.74, 6) is 0.534. The lowest BCUT2D eigenvalue weighted by Gasteiger charge is -2.33. The van der Waals surface area contributed by atoms with Crippen molar-refractivity contribution in [1.29, 1.82) is 0 Å². The summed E-state index contributed by atoms with van der Waals surface area (Å²) in [6, 6.07) is 12.0. The fourth-order valence-electron chi connectivity index (χ4n) is 2.97. The number of fused-ring (bicyclic) bond motifs is 1. The molecule has 3 N–H and O–H groups in total. The Kier molecular flexibility index (Phi) is 3.87. The van der Waals surface area contributed by atoms with Crippen molar-refractivity contribution in [2.45, 2.75) is 6.04 Å². The van der Waals surface area contributed by atoms with Gasteiger partial charge >= 0.3 is 0 Å². The van der Waals surface area contributed by atoms with E-state index in [1.165, 1.54) is 5.56 Å². The quantitative estimate of drug-likeness (QED) is 0.757. The third-order valence-electron chi connectivity index (χ3n) is 4.19. The van der Waals surface area contributed by atoms with Gasteiger partial charge in [0.05, 0.1) is 5.39 Å². The minimum atomic E-state index is -0.351. The maximum atomic E-state index is 11.5. The number of primary amides is 1. The second kappa shape index (κ2) is 6.18. The normalized spacial score (nSPS) is 18.0. The Morgan fingerprint density at radius 3 is 2.92 bits per heavy atom. The van der Waals surface area contributed by atoms with Crippen LogP contribution in [0, 0.1) is 0 Å². The Bertz CT molecular complexity index is 879. The molecule has 1 unspecified atom stereocenters. The minimum Gasteiger partial charge on any atom is -0.368 e. The third-order valence-corrected chi connectivity index (χ3v) is 5.28. The van der Waals surface area contributed by atoms with Crippen LogP contribution in [0.4, 0.5) is 5.82 Å². The number of carbonyl (C=O) groups excluding carboxylic acids is 1. The van der Waals surface area contributed by atoms with Crippen LogP contribution in [0.2, 0.25) is 0 Å². The standard InChI is InChI=1S/C17H17N5OS/c18-15(23)13-9-22(7-6-19-13)16-12-8-14(11-4-2-1-3-5-11)24-17(12)21-10-20-16/h1-5,8,10,13,19H,6-7,9H2,(H2,18,23). The summed E-state index contributed by atoms with van der Waals surface area (Å²) in [5.41, 5.74) is 6.61. The molecule has 1 saturated heterocycles. The molecule has 1 aliphatic heterocycles. The Balaban J connectivity index is 1.74. The van der Waals surface area contributed by atoms with Gasteiger partial charge in [0, 0.05) is 24.5 Å². The summed E-state index contributed by atoms with van der Waals surface area (Å²) in [6.07, 6.45) is 1.59. The first-order valence-corrected chi connectivity index (χ1v) is 8.61. The highest BCUT2D eigenvalue weighted by Crippen LogP contribution is 2.36. The molecule has 1 atom stereocenters. The maximum Gasteiger partial charge on any atom is 0.236 e. The van der Waals surface area contributed by atoms with Crippen molar-refractivity contribution in [3.63, 3.8) is 0 Å². The molecule has 0 bridgehead atoms. The Morgan fingerprint density at radius 2 is 2.12 bits per heavy atom. The molecule has 122 valence electrons. The average molecular weight is 339 g/mol. The average Bonchev–Trinajstić information content (AvgIpc) is 3.07. The maximum absolute atomic E-state index is 11.5. The van der Waals surface area contributed by atoms with Gasteiger partial charge in [-0.25, -0.2) is 9.97 Å². The molecule has 7 heteroatoms. The number of carbonyl (C=O) groups is 1. The molecule has 0 aliphatic carbocycles. The van der Waals surface area contributed by atoms with Gasteiger partial charge in [-0.3, -0.25) is 4.79 Å². The van der Waals surface area contributed by atoms with Crippen molar-refractivity contribution in [2.75, 3.05) is 24.5 Å². The Labute approximate surface area is 143 Å². The number of hydrogen-bond donors (Lipinski definition) is 2. The molecule has 6 nitrogen and oxygen atoms in total. The lowest BCUT2D eigenvalue weighted by atomic mass is 10.1. The zero-order valence-corrected chi connectivity index (χ0v) is 13.8. The van der Waals surface area contributed by atoms with E-state index in [0.717, 1.165) is 27.5 Å². The molecule has 0 radical (unpaired) electrons. The van der Waals surface area contributed by atoms with Crippen molar-refractivity contribution in [3.05, 3.63) is 42.7 Å². The second-order valence-electron chi connectivity index (χ2n) is 5.75. The number of thiophene rings is 1. The number of aromatic nitrogens is 2. The summed E-state index contributed by atoms with van der Waals surface area (Å²) < 4.78 is 0. The second-order valence-corrected chi connectivity index (χ2v) is 6.78. The summed E-state index contributed by atoms with van der Waals surface area (Å²) in [6.45, 7) is 2.01. The van der Waals surface area contributed by atoms with E-state index in [4.69, 9.17) is 5.73 Å². The number of nitrogens with zero attached hydrogens (tertiary/aromatic N) is 3. The van der Waals surface area contributed by atoms with E-state index in [1.54, 1.807) is 17.7 Å². The Hall–Kier alpha value is -2.51. The van der Waals surface area contributed by atoms with Gasteiger partial charge in [-0.1, -0.05) is 30.3 Å². The largest absolute Gasteiger partial charge is 0.368 e. The zero-order valence-electron chi connectivity index (χ0n) is 13.0. The predicted octanol–water partition coefficient (Wildman–Crippen LogP) is 1.62. The number of nitrogens with one attached hydrogen (secondary N) is 1. The first-order valence-electron chi connectivity index (χ1n) is 7.80. The zero-order chi connectivity index (χ0) is 16.5. The summed E-state index contributed by atoms with van der Waals surface area (Å²) in [7, 11) is 0. The van der Waals surface area contributed by atoms with Gasteiger partial charge in [-0.05, 0) is 11.6 Å². The monoisotopic (exact) mass is 339 g/mol. The van der Waals surface area contributed by atoms with E-state index in [1.807, 2.05) is 18.2 Å². The van der Waals surface area contributed by atoms with Crippen molar-refractivity contribution >= 4 is 33.3 Å². The molecule has 1 amide bonds. The van der Waals surface area contributed by atoms with Gasteiger partial charge in [0.2, 0.25) is 5.91 Å². The molecular formula is C17H17N5OS. The summed E-state index contributed by atoms with van der Waals surface area (Å²) in [5, 5.41) is 4.16. The number of benzene rings is 1. The third kappa shape index (κ3) is 2.72. The molecule has 1 fully saturated rings. The van der Waals surface area contributed by atoms with Crippen LogP contribution in [0.3, 0.4) is 0 Å². The fourth-order valence-corrected chi connectivity index (χ4v) is 3.97. The van der Waals surface area contributed by atoms with Crippen LogP contribution in [0.5, 0.6) is 0 Å². The molecule has 24 heavy (non-hydrogen) atoms. The SMILES string of the molecule is NC(=O)C1CN(c2ncnc3sc(-c4ccccc4)cc23)CCN1. The molecular weight excluding hydrogens is 322 g/mol. The molecule has 3 aromatic rings. The van der Waals surface area contributed by atoms with Crippen LogP contribution >= 0.6 is 11.3 Å². The van der Waals surface area contributed by atoms with Crippen LogP contribution in [-0.2, 0) is 4.79 Å². The van der Waals surface area contributed by atoms with Gasteiger partial charge < -0.3 is 16.0 Å². The molecule has 0 spiro atoms. The van der Waals surface area contributed by atoms with Crippen LogP contribution in [0.25, 0.3) is 20.7 Å². The van der Waals surface area contributed by atoms with E-state index in [-0.39, 0.29) is 11.9 Å².